The van der Waals surface area contributed by atoms with Crippen LogP contribution in [0, 0.1) is 0 Å². The summed E-state index contributed by atoms with van der Waals surface area (Å²) in [5.74, 6) is 0.817. The molecule has 58 valence electrons. The Hall–Kier alpha value is -0.180. The van der Waals surface area contributed by atoms with Crippen molar-refractivity contribution in [2.45, 2.75) is 31.6 Å². The van der Waals surface area contributed by atoms with Crippen LogP contribution in [0.15, 0.2) is 0 Å². The molecule has 1 atom stereocenters. The Kier molecular flexibility index (Phi) is 2.24. The zero-order valence-corrected chi connectivity index (χ0v) is 7.25. The highest BCUT2D eigenvalue weighted by Gasteiger charge is 2.32. The van der Waals surface area contributed by atoms with Gasteiger partial charge in [-0.2, -0.15) is 0 Å². The van der Waals surface area contributed by atoms with Crippen LogP contribution in [-0.2, 0) is 4.79 Å². The molecule has 0 spiro atoms. The third-order valence-corrected chi connectivity index (χ3v) is 3.00. The lowest BCUT2D eigenvalue weighted by Crippen LogP contribution is -2.36. The van der Waals surface area contributed by atoms with Crippen molar-refractivity contribution in [3.8, 4) is 0 Å². The number of carbonyl (C=O) groups is 1. The Morgan fingerprint density at radius 3 is 2.90 bits per heavy atom. The van der Waals surface area contributed by atoms with Crippen molar-refractivity contribution in [3.63, 3.8) is 0 Å². The molecule has 1 saturated heterocycles. The van der Waals surface area contributed by atoms with Crippen molar-refractivity contribution in [1.82, 2.24) is 5.32 Å². The van der Waals surface area contributed by atoms with Crippen molar-refractivity contribution in [3.05, 3.63) is 0 Å². The van der Waals surface area contributed by atoms with Gasteiger partial charge in [0.05, 0.1) is 10.6 Å². The van der Waals surface area contributed by atoms with Crippen LogP contribution in [0.3, 0.4) is 0 Å². The second-order valence-electron chi connectivity index (χ2n) is 2.82. The highest BCUT2D eigenvalue weighted by Crippen LogP contribution is 2.31. The lowest BCUT2D eigenvalue weighted by atomic mass is 10.2. The highest BCUT2D eigenvalue weighted by atomic mass is 32.2. The smallest absolute Gasteiger partial charge is 0.231 e. The van der Waals surface area contributed by atoms with Gasteiger partial charge in [0.2, 0.25) is 5.91 Å². The first kappa shape index (κ1) is 7.92. The predicted molar refractivity (Wildman–Crippen MR) is 43.9 cm³/mol. The summed E-state index contributed by atoms with van der Waals surface area (Å²) in [6, 6.07) is 0. The van der Waals surface area contributed by atoms with Gasteiger partial charge < -0.3 is 5.32 Å². The van der Waals surface area contributed by atoms with E-state index in [9.17, 15) is 4.79 Å². The molecule has 1 amide bonds. The van der Waals surface area contributed by atoms with E-state index < -0.39 is 0 Å². The number of carbonyl (C=O) groups excluding carboxylic acids is 1. The number of rotatable bonds is 2. The molecule has 0 bridgehead atoms. The van der Waals surface area contributed by atoms with E-state index in [1.807, 2.05) is 0 Å². The molecule has 1 rings (SSSR count). The first-order valence-corrected chi connectivity index (χ1v) is 4.60. The summed E-state index contributed by atoms with van der Waals surface area (Å²) in [5.41, 5.74) is 0. The van der Waals surface area contributed by atoms with E-state index in [1.54, 1.807) is 11.8 Å². The molecule has 0 aliphatic carbocycles. The fourth-order valence-corrected chi connectivity index (χ4v) is 2.26. The molecule has 1 fully saturated rings. The van der Waals surface area contributed by atoms with Crippen LogP contribution in [0.2, 0.25) is 0 Å². The zero-order chi connectivity index (χ0) is 7.61. The second kappa shape index (κ2) is 2.82. The van der Waals surface area contributed by atoms with Gasteiger partial charge in [0, 0.05) is 0 Å². The third-order valence-electron chi connectivity index (χ3n) is 1.65. The maximum atomic E-state index is 10.8. The summed E-state index contributed by atoms with van der Waals surface area (Å²) in [5, 5.41) is 2.96. The molecule has 2 nitrogen and oxygen atoms in total. The van der Waals surface area contributed by atoms with Crippen LogP contribution in [0.1, 0.15) is 26.7 Å². The van der Waals surface area contributed by atoms with Crippen molar-refractivity contribution < 1.29 is 4.79 Å². The van der Waals surface area contributed by atoms with Crippen molar-refractivity contribution in [1.29, 1.82) is 0 Å². The van der Waals surface area contributed by atoms with Gasteiger partial charge in [-0.25, -0.2) is 0 Å². The molecule has 3 heteroatoms. The van der Waals surface area contributed by atoms with Crippen molar-refractivity contribution in [2.24, 2.45) is 0 Å². The number of hydrogen-bond donors (Lipinski definition) is 1. The first-order chi connectivity index (χ1) is 4.66. The third kappa shape index (κ3) is 1.66. The van der Waals surface area contributed by atoms with Gasteiger partial charge in [0.1, 0.15) is 0 Å². The molecule has 1 heterocycles. The molecular formula is C7H13NOS. The van der Waals surface area contributed by atoms with Gasteiger partial charge >= 0.3 is 0 Å². The Morgan fingerprint density at radius 1 is 1.80 bits per heavy atom. The first-order valence-electron chi connectivity index (χ1n) is 3.61. The Labute approximate surface area is 65.8 Å². The summed E-state index contributed by atoms with van der Waals surface area (Å²) in [6.45, 7) is 4.22. The molecule has 0 radical (unpaired) electrons. The Balaban J connectivity index is 2.46. The highest BCUT2D eigenvalue weighted by molar-refractivity contribution is 8.01. The Bertz CT molecular complexity index is 149. The molecular weight excluding hydrogens is 146 g/mol. The quantitative estimate of drug-likeness (QED) is 0.659. The number of nitrogens with one attached hydrogen (secondary N) is 1. The minimum atomic E-state index is 0.0336. The molecule has 1 unspecified atom stereocenters. The summed E-state index contributed by atoms with van der Waals surface area (Å²) in [4.78, 5) is 10.8. The van der Waals surface area contributed by atoms with Crippen LogP contribution < -0.4 is 5.32 Å². The fraction of sp³-hybridized carbons (Fsp3) is 0.857. The van der Waals surface area contributed by atoms with Gasteiger partial charge in [-0.15, -0.1) is 11.8 Å². The molecule has 1 N–H and O–H groups in total. The zero-order valence-electron chi connectivity index (χ0n) is 6.44. The van der Waals surface area contributed by atoms with E-state index in [0.717, 1.165) is 12.8 Å². The molecule has 0 aromatic heterocycles. The van der Waals surface area contributed by atoms with Crippen molar-refractivity contribution in [2.75, 3.05) is 5.75 Å². The maximum absolute atomic E-state index is 10.8. The molecule has 1 aliphatic heterocycles. The van der Waals surface area contributed by atoms with Crippen molar-refractivity contribution >= 4 is 17.7 Å². The van der Waals surface area contributed by atoms with Gasteiger partial charge in [0.15, 0.2) is 0 Å². The summed E-state index contributed by atoms with van der Waals surface area (Å²) >= 11 is 1.72. The van der Waals surface area contributed by atoms with Crippen LogP contribution >= 0.6 is 11.8 Å². The largest absolute Gasteiger partial charge is 0.341 e. The van der Waals surface area contributed by atoms with Gasteiger partial charge in [-0.3, -0.25) is 4.79 Å². The maximum Gasteiger partial charge on any atom is 0.231 e. The fourth-order valence-electron chi connectivity index (χ4n) is 1.20. The lowest BCUT2D eigenvalue weighted by Gasteiger charge is -2.21. The molecule has 0 aromatic rings. The molecule has 0 saturated carbocycles. The van der Waals surface area contributed by atoms with Gasteiger partial charge in [0.25, 0.3) is 0 Å². The van der Waals surface area contributed by atoms with E-state index in [0.29, 0.717) is 5.75 Å². The molecule has 10 heavy (non-hydrogen) atoms. The summed E-state index contributed by atoms with van der Waals surface area (Å²) < 4.78 is 0. The SMILES string of the molecule is CCCC1(C)NC(=O)CS1. The van der Waals surface area contributed by atoms with Crippen LogP contribution in [0.4, 0.5) is 0 Å². The van der Waals surface area contributed by atoms with Crippen LogP contribution in [0.25, 0.3) is 0 Å². The minimum absolute atomic E-state index is 0.0336. The van der Waals surface area contributed by atoms with E-state index in [2.05, 4.69) is 19.2 Å². The van der Waals surface area contributed by atoms with E-state index in [4.69, 9.17) is 0 Å². The average molecular weight is 159 g/mol. The van der Waals surface area contributed by atoms with Gasteiger partial charge in [-0.1, -0.05) is 13.3 Å². The standard InChI is InChI=1S/C7H13NOS/c1-3-4-7(2)8-6(9)5-10-7/h3-5H2,1-2H3,(H,8,9). The predicted octanol–water partition coefficient (Wildman–Crippen LogP) is 1.37. The van der Waals surface area contributed by atoms with Crippen LogP contribution in [-0.4, -0.2) is 16.5 Å². The number of thioether (sulfide) groups is 1. The van der Waals surface area contributed by atoms with E-state index >= 15 is 0 Å². The monoisotopic (exact) mass is 159 g/mol. The molecule has 1 aliphatic rings. The lowest BCUT2D eigenvalue weighted by molar-refractivity contribution is -0.118. The minimum Gasteiger partial charge on any atom is -0.341 e. The number of amides is 1. The summed E-state index contributed by atoms with van der Waals surface area (Å²) in [7, 11) is 0. The molecule has 0 aromatic carbocycles. The average Bonchev–Trinajstić information content (AvgIpc) is 2.12. The van der Waals surface area contributed by atoms with E-state index in [-0.39, 0.29) is 10.8 Å². The van der Waals surface area contributed by atoms with Gasteiger partial charge in [-0.05, 0) is 13.3 Å². The normalized spacial score (nSPS) is 32.4. The van der Waals surface area contributed by atoms with Crippen LogP contribution in [0.5, 0.6) is 0 Å². The summed E-state index contributed by atoms with van der Waals surface area (Å²) in [6.07, 6.45) is 2.20. The number of hydrogen-bond acceptors (Lipinski definition) is 2. The Morgan fingerprint density at radius 2 is 2.50 bits per heavy atom. The van der Waals surface area contributed by atoms with E-state index in [1.165, 1.54) is 0 Å². The second-order valence-corrected chi connectivity index (χ2v) is 4.30. The topological polar surface area (TPSA) is 29.1 Å².